The standard InChI is InChI=1S/C28H30FN5O3/c1-4-36-21-13-22(25(29)24(14-21)37-16(2)3)26(33-19-10-8-17(9-11-19)27(30)31)28-32-15-23(34-28)18-6-5-7-20(35)12-18/h5-16,26,33,35H,4H2,1-3H3,(H3,30,31)(H,32,34). The van der Waals surface area contributed by atoms with Crippen LogP contribution in [0.1, 0.15) is 43.8 Å². The van der Waals surface area contributed by atoms with Gasteiger partial charge in [0.05, 0.1) is 24.6 Å². The Balaban J connectivity index is 1.82. The molecule has 8 nitrogen and oxygen atoms in total. The lowest BCUT2D eigenvalue weighted by Crippen LogP contribution is -2.18. The molecule has 3 aromatic carbocycles. The lowest BCUT2D eigenvalue weighted by atomic mass is 10.0. The average molecular weight is 504 g/mol. The fraction of sp³-hybridized carbons (Fsp3) is 0.214. The van der Waals surface area contributed by atoms with Gasteiger partial charge in [0.15, 0.2) is 11.6 Å². The van der Waals surface area contributed by atoms with E-state index in [4.69, 9.17) is 20.6 Å². The number of phenolic OH excluding ortho intramolecular Hbond substituents is 1. The van der Waals surface area contributed by atoms with Crippen molar-refractivity contribution in [1.82, 2.24) is 9.97 Å². The second-order valence-electron chi connectivity index (χ2n) is 8.73. The van der Waals surface area contributed by atoms with Gasteiger partial charge in [-0.1, -0.05) is 12.1 Å². The largest absolute Gasteiger partial charge is 0.508 e. The Hall–Kier alpha value is -4.53. The van der Waals surface area contributed by atoms with Crippen LogP contribution in [0, 0.1) is 11.2 Å². The van der Waals surface area contributed by atoms with E-state index in [0.29, 0.717) is 35.1 Å². The molecule has 9 heteroatoms. The van der Waals surface area contributed by atoms with Gasteiger partial charge in [0, 0.05) is 28.4 Å². The molecule has 0 aliphatic rings. The summed E-state index contributed by atoms with van der Waals surface area (Å²) < 4.78 is 27.4. The number of aromatic amines is 1. The third-order valence-corrected chi connectivity index (χ3v) is 5.56. The maximum absolute atomic E-state index is 15.9. The van der Waals surface area contributed by atoms with Gasteiger partial charge in [0.2, 0.25) is 0 Å². The molecule has 4 rings (SSSR count). The lowest BCUT2D eigenvalue weighted by molar-refractivity contribution is 0.228. The van der Waals surface area contributed by atoms with E-state index in [2.05, 4.69) is 15.3 Å². The Morgan fingerprint density at radius 2 is 1.92 bits per heavy atom. The highest BCUT2D eigenvalue weighted by molar-refractivity contribution is 5.95. The van der Waals surface area contributed by atoms with E-state index in [1.54, 1.807) is 60.8 Å². The predicted octanol–water partition coefficient (Wildman–Crippen LogP) is 5.59. The molecule has 0 radical (unpaired) electrons. The van der Waals surface area contributed by atoms with Crippen LogP contribution >= 0.6 is 0 Å². The number of ether oxygens (including phenoxy) is 2. The van der Waals surface area contributed by atoms with Gasteiger partial charge in [0.1, 0.15) is 29.2 Å². The van der Waals surface area contributed by atoms with Crippen molar-refractivity contribution in [2.24, 2.45) is 5.73 Å². The SMILES string of the molecule is CCOc1cc(OC(C)C)c(F)c(C(Nc2ccc(C(=N)N)cc2)c2ncc(-c3cccc(O)c3)[nH]2)c1. The number of rotatable bonds is 10. The maximum Gasteiger partial charge on any atom is 0.171 e. The number of imidazole rings is 1. The number of hydrogen-bond acceptors (Lipinski definition) is 6. The number of H-pyrrole nitrogens is 1. The highest BCUT2D eigenvalue weighted by atomic mass is 19.1. The number of nitrogens with two attached hydrogens (primary N) is 1. The Labute approximate surface area is 214 Å². The number of anilines is 1. The summed E-state index contributed by atoms with van der Waals surface area (Å²) in [6, 6.07) is 16.1. The fourth-order valence-electron chi connectivity index (χ4n) is 3.90. The number of amidine groups is 1. The van der Waals surface area contributed by atoms with Gasteiger partial charge in [-0.25, -0.2) is 9.37 Å². The summed E-state index contributed by atoms with van der Waals surface area (Å²) in [6.07, 6.45) is 1.39. The van der Waals surface area contributed by atoms with Gasteiger partial charge in [-0.3, -0.25) is 5.41 Å². The third kappa shape index (κ3) is 6.00. The molecule has 4 aromatic rings. The van der Waals surface area contributed by atoms with Gasteiger partial charge in [-0.05, 0) is 63.2 Å². The van der Waals surface area contributed by atoms with Crippen molar-refractivity contribution < 1.29 is 19.0 Å². The topological polar surface area (TPSA) is 129 Å². The molecule has 192 valence electrons. The number of aromatic nitrogens is 2. The van der Waals surface area contributed by atoms with Crippen molar-refractivity contribution in [3.63, 3.8) is 0 Å². The van der Waals surface area contributed by atoms with E-state index in [1.165, 1.54) is 0 Å². The van der Waals surface area contributed by atoms with E-state index >= 15 is 4.39 Å². The van der Waals surface area contributed by atoms with Crippen LogP contribution in [0.2, 0.25) is 0 Å². The van der Waals surface area contributed by atoms with Crippen LogP contribution in [-0.2, 0) is 0 Å². The second-order valence-corrected chi connectivity index (χ2v) is 8.73. The van der Waals surface area contributed by atoms with Gasteiger partial charge < -0.3 is 30.6 Å². The van der Waals surface area contributed by atoms with Crippen molar-refractivity contribution in [3.05, 3.63) is 89.6 Å². The zero-order chi connectivity index (χ0) is 26.5. The number of hydrogen-bond donors (Lipinski definition) is 5. The van der Waals surface area contributed by atoms with Crippen molar-refractivity contribution in [2.75, 3.05) is 11.9 Å². The number of nitrogen functional groups attached to an aromatic ring is 1. The van der Waals surface area contributed by atoms with Crippen LogP contribution in [0.4, 0.5) is 10.1 Å². The van der Waals surface area contributed by atoms with E-state index in [0.717, 1.165) is 5.56 Å². The second kappa shape index (κ2) is 11.0. The average Bonchev–Trinajstić information content (AvgIpc) is 3.35. The van der Waals surface area contributed by atoms with Crippen LogP contribution in [0.15, 0.2) is 66.9 Å². The molecule has 0 aliphatic carbocycles. The third-order valence-electron chi connectivity index (χ3n) is 5.56. The molecule has 6 N–H and O–H groups in total. The quantitative estimate of drug-likeness (QED) is 0.142. The summed E-state index contributed by atoms with van der Waals surface area (Å²) in [7, 11) is 0. The molecule has 0 saturated heterocycles. The first-order valence-electron chi connectivity index (χ1n) is 11.9. The number of nitrogens with one attached hydrogen (secondary N) is 3. The number of benzene rings is 3. The molecule has 0 aliphatic heterocycles. The van der Waals surface area contributed by atoms with E-state index in [9.17, 15) is 5.11 Å². The first-order chi connectivity index (χ1) is 17.7. The Bertz CT molecular complexity index is 1390. The minimum Gasteiger partial charge on any atom is -0.508 e. The maximum atomic E-state index is 15.9. The molecule has 0 bridgehead atoms. The van der Waals surface area contributed by atoms with Crippen LogP contribution in [0.25, 0.3) is 11.3 Å². The zero-order valence-electron chi connectivity index (χ0n) is 20.9. The molecular formula is C28H30FN5O3. The fourth-order valence-corrected chi connectivity index (χ4v) is 3.90. The Kier molecular flexibility index (Phi) is 7.62. The molecule has 0 spiro atoms. The normalized spacial score (nSPS) is 11.8. The number of aromatic hydroxyl groups is 1. The Morgan fingerprint density at radius 3 is 2.57 bits per heavy atom. The van der Waals surface area contributed by atoms with Gasteiger partial charge in [-0.2, -0.15) is 0 Å². The van der Waals surface area contributed by atoms with Crippen LogP contribution in [-0.4, -0.2) is 33.6 Å². The van der Waals surface area contributed by atoms with Crippen LogP contribution in [0.5, 0.6) is 17.2 Å². The van der Waals surface area contributed by atoms with E-state index in [1.807, 2.05) is 26.8 Å². The summed E-state index contributed by atoms with van der Waals surface area (Å²) in [5.41, 5.74) is 8.49. The lowest BCUT2D eigenvalue weighted by Gasteiger charge is -2.22. The van der Waals surface area contributed by atoms with Crippen LogP contribution in [0.3, 0.4) is 0 Å². The zero-order valence-corrected chi connectivity index (χ0v) is 20.9. The van der Waals surface area contributed by atoms with Crippen molar-refractivity contribution in [2.45, 2.75) is 32.9 Å². The smallest absolute Gasteiger partial charge is 0.171 e. The molecule has 1 heterocycles. The summed E-state index contributed by atoms with van der Waals surface area (Å²) >= 11 is 0. The van der Waals surface area contributed by atoms with Gasteiger partial charge in [-0.15, -0.1) is 0 Å². The molecule has 0 amide bonds. The van der Waals surface area contributed by atoms with Gasteiger partial charge in [0.25, 0.3) is 0 Å². The first-order valence-corrected chi connectivity index (χ1v) is 11.9. The molecule has 37 heavy (non-hydrogen) atoms. The molecule has 0 saturated carbocycles. The monoisotopic (exact) mass is 503 g/mol. The minimum absolute atomic E-state index is 0.0455. The summed E-state index contributed by atoms with van der Waals surface area (Å²) in [5.74, 6) is 0.528. The number of phenols is 1. The number of nitrogens with zero attached hydrogens (tertiary/aromatic N) is 1. The Morgan fingerprint density at radius 1 is 1.16 bits per heavy atom. The van der Waals surface area contributed by atoms with Crippen molar-refractivity contribution in [3.8, 4) is 28.5 Å². The molecule has 1 atom stereocenters. The highest BCUT2D eigenvalue weighted by Crippen LogP contribution is 2.36. The molecule has 0 fully saturated rings. The van der Waals surface area contributed by atoms with Gasteiger partial charge >= 0.3 is 0 Å². The van der Waals surface area contributed by atoms with Crippen molar-refractivity contribution >= 4 is 11.5 Å². The minimum atomic E-state index is -0.760. The number of halogens is 1. The van der Waals surface area contributed by atoms with Crippen molar-refractivity contribution in [1.29, 1.82) is 5.41 Å². The van der Waals surface area contributed by atoms with Crippen LogP contribution < -0.4 is 20.5 Å². The van der Waals surface area contributed by atoms with E-state index < -0.39 is 11.9 Å². The summed E-state index contributed by atoms with van der Waals surface area (Å²) in [6.45, 7) is 5.91. The highest BCUT2D eigenvalue weighted by Gasteiger charge is 2.26. The predicted molar refractivity (Wildman–Crippen MR) is 142 cm³/mol. The molecule has 1 aromatic heterocycles. The molecular weight excluding hydrogens is 473 g/mol. The molecule has 1 unspecified atom stereocenters. The van der Waals surface area contributed by atoms with E-state index in [-0.39, 0.29) is 29.0 Å². The first kappa shape index (κ1) is 25.6. The summed E-state index contributed by atoms with van der Waals surface area (Å²) in [4.78, 5) is 7.80. The summed E-state index contributed by atoms with van der Waals surface area (Å²) in [5, 5.41) is 20.9.